The Balaban J connectivity index is 2.08. The van der Waals surface area contributed by atoms with Gasteiger partial charge in [-0.1, -0.05) is 12.8 Å². The molecule has 1 aromatic rings. The van der Waals surface area contributed by atoms with E-state index in [1.54, 1.807) is 6.20 Å². The van der Waals surface area contributed by atoms with E-state index in [0.717, 1.165) is 64.2 Å². The zero-order chi connectivity index (χ0) is 17.5. The van der Waals surface area contributed by atoms with Crippen LogP contribution in [0.5, 0.6) is 0 Å². The minimum atomic E-state index is -0.121. The van der Waals surface area contributed by atoms with Crippen molar-refractivity contribution in [2.75, 3.05) is 26.7 Å². The lowest BCUT2D eigenvalue weighted by atomic mass is 10.1. The molecule has 0 aliphatic rings. The summed E-state index contributed by atoms with van der Waals surface area (Å²) in [5.74, 6) is 0.748. The molecule has 0 spiro atoms. The van der Waals surface area contributed by atoms with Gasteiger partial charge in [-0.25, -0.2) is 0 Å². The molecule has 0 atom stereocenters. The number of aromatic nitrogens is 2. The van der Waals surface area contributed by atoms with E-state index in [1.165, 1.54) is 7.11 Å². The summed E-state index contributed by atoms with van der Waals surface area (Å²) in [6.45, 7) is 5.46. The number of guanidine groups is 1. The molecule has 0 aliphatic heterocycles. The van der Waals surface area contributed by atoms with Gasteiger partial charge in [0.05, 0.1) is 7.11 Å². The van der Waals surface area contributed by atoms with Crippen LogP contribution in [-0.2, 0) is 16.1 Å². The van der Waals surface area contributed by atoms with Crippen LogP contribution < -0.4 is 10.6 Å². The molecular formula is C17H31N5O2. The van der Waals surface area contributed by atoms with Gasteiger partial charge in [0.15, 0.2) is 5.96 Å². The first kappa shape index (κ1) is 20.0. The molecule has 7 heteroatoms. The predicted molar refractivity (Wildman–Crippen MR) is 95.9 cm³/mol. The maximum Gasteiger partial charge on any atom is 0.305 e. The van der Waals surface area contributed by atoms with Crippen LogP contribution >= 0.6 is 0 Å². The van der Waals surface area contributed by atoms with E-state index < -0.39 is 0 Å². The number of aliphatic imine (C=N–C) groups is 1. The van der Waals surface area contributed by atoms with Crippen LogP contribution in [-0.4, -0.2) is 48.5 Å². The number of unbranched alkanes of at least 4 members (excludes halogenated alkanes) is 3. The number of aryl methyl sites for hydroxylation is 1. The highest BCUT2D eigenvalue weighted by Gasteiger charge is 2.00. The Morgan fingerprint density at radius 2 is 2.04 bits per heavy atom. The third-order valence-corrected chi connectivity index (χ3v) is 3.55. The molecule has 0 saturated heterocycles. The van der Waals surface area contributed by atoms with E-state index in [1.807, 2.05) is 16.9 Å². The Kier molecular flexibility index (Phi) is 11.2. The monoisotopic (exact) mass is 337 g/mol. The molecule has 7 nitrogen and oxygen atoms in total. The number of esters is 1. The van der Waals surface area contributed by atoms with Crippen LogP contribution in [0.25, 0.3) is 0 Å². The third kappa shape index (κ3) is 9.86. The molecule has 0 saturated carbocycles. The molecular weight excluding hydrogens is 306 g/mol. The van der Waals surface area contributed by atoms with E-state index in [-0.39, 0.29) is 5.97 Å². The van der Waals surface area contributed by atoms with Crippen molar-refractivity contribution in [2.45, 2.75) is 52.0 Å². The number of hydrogen-bond acceptors (Lipinski definition) is 4. The van der Waals surface area contributed by atoms with Gasteiger partial charge in [0, 0.05) is 45.0 Å². The second-order valence-corrected chi connectivity index (χ2v) is 5.55. The zero-order valence-electron chi connectivity index (χ0n) is 15.0. The van der Waals surface area contributed by atoms with Crippen molar-refractivity contribution in [3.05, 3.63) is 18.5 Å². The molecule has 1 rings (SSSR count). The van der Waals surface area contributed by atoms with Gasteiger partial charge in [-0.2, -0.15) is 5.10 Å². The van der Waals surface area contributed by atoms with Crippen molar-refractivity contribution >= 4 is 11.9 Å². The molecule has 2 N–H and O–H groups in total. The van der Waals surface area contributed by atoms with Crippen LogP contribution in [0, 0.1) is 0 Å². The number of nitrogens with zero attached hydrogens (tertiary/aromatic N) is 3. The highest BCUT2D eigenvalue weighted by Crippen LogP contribution is 2.03. The number of rotatable bonds is 12. The fraction of sp³-hybridized carbons (Fsp3) is 0.706. The smallest absolute Gasteiger partial charge is 0.305 e. The van der Waals surface area contributed by atoms with Crippen LogP contribution in [0.3, 0.4) is 0 Å². The summed E-state index contributed by atoms with van der Waals surface area (Å²) in [5, 5.41) is 10.8. The standard InChI is InChI=1S/C17H31N5O2/c1-3-18-17(20-12-8-14-22-15-9-13-21-22)19-11-7-5-4-6-10-16(23)24-2/h9,13,15H,3-8,10-12,14H2,1-2H3,(H2,18,19,20). The summed E-state index contributed by atoms with van der Waals surface area (Å²) in [5.41, 5.74) is 0. The number of nitrogens with one attached hydrogen (secondary N) is 2. The Morgan fingerprint density at radius 1 is 1.21 bits per heavy atom. The fourth-order valence-electron chi connectivity index (χ4n) is 2.25. The topological polar surface area (TPSA) is 80.5 Å². The molecule has 0 fully saturated rings. The molecule has 1 aromatic heterocycles. The average Bonchev–Trinajstić information content (AvgIpc) is 3.10. The van der Waals surface area contributed by atoms with Crippen molar-refractivity contribution in [1.82, 2.24) is 20.4 Å². The summed E-state index contributed by atoms with van der Waals surface area (Å²) in [7, 11) is 1.43. The Hall–Kier alpha value is -2.05. The van der Waals surface area contributed by atoms with E-state index in [9.17, 15) is 4.79 Å². The SMILES string of the molecule is CCNC(=NCCCn1cccn1)NCCCCCCC(=O)OC. The first-order valence-electron chi connectivity index (χ1n) is 8.82. The highest BCUT2D eigenvalue weighted by atomic mass is 16.5. The Morgan fingerprint density at radius 3 is 2.75 bits per heavy atom. The van der Waals surface area contributed by atoms with E-state index in [4.69, 9.17) is 0 Å². The molecule has 136 valence electrons. The first-order chi connectivity index (χ1) is 11.8. The molecule has 24 heavy (non-hydrogen) atoms. The first-order valence-corrected chi connectivity index (χ1v) is 8.82. The van der Waals surface area contributed by atoms with Gasteiger partial charge in [0.25, 0.3) is 0 Å². The van der Waals surface area contributed by atoms with Crippen molar-refractivity contribution in [2.24, 2.45) is 4.99 Å². The average molecular weight is 337 g/mol. The van der Waals surface area contributed by atoms with Crippen LogP contribution in [0.4, 0.5) is 0 Å². The van der Waals surface area contributed by atoms with Gasteiger partial charge in [0.2, 0.25) is 0 Å². The van der Waals surface area contributed by atoms with Crippen molar-refractivity contribution in [3.8, 4) is 0 Å². The lowest BCUT2D eigenvalue weighted by Crippen LogP contribution is -2.37. The van der Waals surface area contributed by atoms with Crippen molar-refractivity contribution < 1.29 is 9.53 Å². The number of carbonyl (C=O) groups is 1. The minimum Gasteiger partial charge on any atom is -0.469 e. The number of carbonyl (C=O) groups excluding carboxylic acids is 1. The molecule has 0 unspecified atom stereocenters. The minimum absolute atomic E-state index is 0.121. The van der Waals surface area contributed by atoms with Crippen molar-refractivity contribution in [1.29, 1.82) is 0 Å². The molecule has 0 aliphatic carbocycles. The maximum atomic E-state index is 11.0. The van der Waals surface area contributed by atoms with Crippen LogP contribution in [0.2, 0.25) is 0 Å². The summed E-state index contributed by atoms with van der Waals surface area (Å²) >= 11 is 0. The summed E-state index contributed by atoms with van der Waals surface area (Å²) < 4.78 is 6.55. The Labute approximate surface area is 144 Å². The van der Waals surface area contributed by atoms with E-state index >= 15 is 0 Å². The zero-order valence-corrected chi connectivity index (χ0v) is 15.0. The second kappa shape index (κ2) is 13.4. The van der Waals surface area contributed by atoms with Crippen molar-refractivity contribution in [3.63, 3.8) is 0 Å². The number of methoxy groups -OCH3 is 1. The maximum absolute atomic E-state index is 11.0. The van der Waals surface area contributed by atoms with E-state index in [2.05, 4.69) is 32.4 Å². The Bertz CT molecular complexity index is 460. The van der Waals surface area contributed by atoms with Gasteiger partial charge < -0.3 is 15.4 Å². The van der Waals surface area contributed by atoms with Gasteiger partial charge in [-0.05, 0) is 32.3 Å². The van der Waals surface area contributed by atoms with Gasteiger partial charge in [0.1, 0.15) is 0 Å². The third-order valence-electron chi connectivity index (χ3n) is 3.55. The highest BCUT2D eigenvalue weighted by molar-refractivity contribution is 5.79. The van der Waals surface area contributed by atoms with Crippen LogP contribution in [0.1, 0.15) is 45.4 Å². The fourth-order valence-corrected chi connectivity index (χ4v) is 2.25. The summed E-state index contributed by atoms with van der Waals surface area (Å²) in [6.07, 6.45) is 9.35. The van der Waals surface area contributed by atoms with Crippen LogP contribution in [0.15, 0.2) is 23.5 Å². The molecule has 1 heterocycles. The second-order valence-electron chi connectivity index (χ2n) is 5.55. The lowest BCUT2D eigenvalue weighted by Gasteiger charge is -2.11. The molecule has 0 aromatic carbocycles. The largest absolute Gasteiger partial charge is 0.469 e. The molecule has 0 amide bonds. The molecule has 0 bridgehead atoms. The van der Waals surface area contributed by atoms with Gasteiger partial charge >= 0.3 is 5.97 Å². The quantitative estimate of drug-likeness (QED) is 0.264. The van der Waals surface area contributed by atoms with Gasteiger partial charge in [-0.3, -0.25) is 14.5 Å². The van der Waals surface area contributed by atoms with E-state index in [0.29, 0.717) is 6.42 Å². The predicted octanol–water partition coefficient (Wildman–Crippen LogP) is 1.95. The molecule has 0 radical (unpaired) electrons. The summed E-state index contributed by atoms with van der Waals surface area (Å²) in [6, 6.07) is 1.93. The summed E-state index contributed by atoms with van der Waals surface area (Å²) in [4.78, 5) is 15.6. The number of hydrogen-bond donors (Lipinski definition) is 2. The lowest BCUT2D eigenvalue weighted by molar-refractivity contribution is -0.140. The normalized spacial score (nSPS) is 11.3. The van der Waals surface area contributed by atoms with Gasteiger partial charge in [-0.15, -0.1) is 0 Å². The number of ether oxygens (including phenoxy) is 1.